The highest BCUT2D eigenvalue weighted by molar-refractivity contribution is 7.09. The van der Waals surface area contributed by atoms with E-state index in [0.29, 0.717) is 25.7 Å². The fourth-order valence-corrected chi connectivity index (χ4v) is 7.10. The van der Waals surface area contributed by atoms with Gasteiger partial charge in [-0.15, -0.1) is 22.7 Å². The zero-order valence-corrected chi connectivity index (χ0v) is 33.7. The molecule has 0 saturated heterocycles. The van der Waals surface area contributed by atoms with Gasteiger partial charge in [0.25, 0.3) is 6.20 Å². The summed E-state index contributed by atoms with van der Waals surface area (Å²) in [5, 5.41) is 28.7. The molecule has 15 nitrogen and oxygen atoms in total. The molecule has 2 aromatic carbocycles. The number of amides is 4. The molecule has 2 heterocycles. The van der Waals surface area contributed by atoms with Gasteiger partial charge in [0.2, 0.25) is 5.91 Å². The zero-order valence-electron chi connectivity index (χ0n) is 32.1. The Morgan fingerprint density at radius 2 is 1.57 bits per heavy atom. The lowest BCUT2D eigenvalue weighted by Gasteiger charge is -2.27. The van der Waals surface area contributed by atoms with Crippen molar-refractivity contribution in [2.24, 2.45) is 0 Å². The van der Waals surface area contributed by atoms with Gasteiger partial charge in [-0.05, 0) is 43.2 Å². The number of nitrogens with zero attached hydrogens (tertiary/aromatic N) is 4. The Hall–Kier alpha value is -5.55. The van der Waals surface area contributed by atoms with Crippen LogP contribution in [0.4, 0.5) is 9.59 Å². The van der Waals surface area contributed by atoms with Crippen LogP contribution in [0.25, 0.3) is 0 Å². The quantitative estimate of drug-likeness (QED) is 0.0497. The molecule has 5 N–H and O–H groups in total. The van der Waals surface area contributed by atoms with Crippen molar-refractivity contribution in [3.05, 3.63) is 127 Å². The summed E-state index contributed by atoms with van der Waals surface area (Å²) in [4.78, 5) is 62.1. The van der Waals surface area contributed by atoms with Crippen molar-refractivity contribution < 1.29 is 24.0 Å². The molecule has 17 heteroatoms. The maximum atomic E-state index is 14.2. The van der Waals surface area contributed by atoms with Crippen molar-refractivity contribution in [3.8, 4) is 0 Å². The normalized spacial score (nSPS) is 12.9. The third-order valence-electron chi connectivity index (χ3n) is 8.69. The number of urea groups is 1. The molecular weight excluding hydrogens is 755 g/mol. The second-order valence-corrected chi connectivity index (χ2v) is 15.4. The van der Waals surface area contributed by atoms with Gasteiger partial charge in [-0.25, -0.2) is 14.6 Å². The molecule has 0 fully saturated rings. The number of hydrogen-bond donors (Lipinski definition) is 5. The number of carbonyl (C=O) groups excluding carboxylic acids is 3. The smallest absolute Gasteiger partial charge is 0.407 e. The highest BCUT2D eigenvalue weighted by Crippen LogP contribution is 2.20. The molecule has 2 aromatic heterocycles. The average molecular weight is 806 g/mol. The Bertz CT molecular complexity index is 1840. The van der Waals surface area contributed by atoms with Gasteiger partial charge in [0.05, 0.1) is 32.6 Å². The molecule has 3 unspecified atom stereocenters. The number of hydrogen-bond acceptors (Lipinski definition) is 12. The van der Waals surface area contributed by atoms with E-state index in [0.717, 1.165) is 32.9 Å². The molecule has 0 radical (unpaired) electrons. The van der Waals surface area contributed by atoms with Gasteiger partial charge in [0, 0.05) is 50.2 Å². The summed E-state index contributed by atoms with van der Waals surface area (Å²) in [6.45, 7) is 4.61. The van der Waals surface area contributed by atoms with Crippen LogP contribution < -0.4 is 26.6 Å². The van der Waals surface area contributed by atoms with Gasteiger partial charge in [-0.2, -0.15) is 0 Å². The second kappa shape index (κ2) is 22.7. The van der Waals surface area contributed by atoms with E-state index >= 15 is 0 Å². The van der Waals surface area contributed by atoms with Crippen LogP contribution in [-0.2, 0) is 35.5 Å². The predicted molar refractivity (Wildman–Crippen MR) is 217 cm³/mol. The van der Waals surface area contributed by atoms with E-state index in [9.17, 15) is 24.5 Å². The van der Waals surface area contributed by atoms with E-state index in [1.54, 1.807) is 25.8 Å². The minimum absolute atomic E-state index is 0.110. The zero-order chi connectivity index (χ0) is 40.3. The topological polar surface area (TPSA) is 193 Å². The summed E-state index contributed by atoms with van der Waals surface area (Å²) < 4.78 is 5.49. The van der Waals surface area contributed by atoms with Crippen LogP contribution >= 0.6 is 22.7 Å². The fourth-order valence-electron chi connectivity index (χ4n) is 5.77. The second-order valence-electron chi connectivity index (χ2n) is 13.5. The van der Waals surface area contributed by atoms with Crippen LogP contribution in [0.5, 0.6) is 0 Å². The van der Waals surface area contributed by atoms with E-state index < -0.39 is 29.0 Å². The monoisotopic (exact) mass is 805 g/mol. The highest BCUT2D eigenvalue weighted by atomic mass is 32.1. The molecule has 0 spiro atoms. The number of rotatable bonds is 22. The Balaban J connectivity index is 1.50. The van der Waals surface area contributed by atoms with Gasteiger partial charge in [0.15, 0.2) is 5.82 Å². The van der Waals surface area contributed by atoms with E-state index in [-0.39, 0.29) is 49.9 Å². The molecular formula is C39H51N9O6S2. The van der Waals surface area contributed by atoms with Crippen LogP contribution in [0.15, 0.2) is 89.8 Å². The summed E-state index contributed by atoms with van der Waals surface area (Å²) in [6.07, 6.45) is 4.07. The number of aromatic nitrogens is 2. The predicted octanol–water partition coefficient (Wildman–Crippen LogP) is 5.55. The van der Waals surface area contributed by atoms with Crippen molar-refractivity contribution in [1.82, 2.24) is 41.5 Å². The molecule has 3 atom stereocenters. The molecule has 0 aliphatic carbocycles. The maximum absolute atomic E-state index is 14.2. The first-order chi connectivity index (χ1) is 27.0. The summed E-state index contributed by atoms with van der Waals surface area (Å²) in [5.74, 6) is 0.00849. The van der Waals surface area contributed by atoms with Crippen LogP contribution in [0.3, 0.4) is 0 Å². The summed E-state index contributed by atoms with van der Waals surface area (Å²) in [6, 6.07) is 17.4. The molecule has 0 saturated carbocycles. The van der Waals surface area contributed by atoms with Gasteiger partial charge >= 0.3 is 12.1 Å². The lowest BCUT2D eigenvalue weighted by Crippen LogP contribution is -2.53. The number of alkyl carbamates (subject to hydrolysis) is 1. The fraction of sp³-hybridized carbons (Fsp3) is 0.410. The van der Waals surface area contributed by atoms with Crippen molar-refractivity contribution in [2.45, 2.75) is 83.1 Å². The molecule has 4 aromatic rings. The van der Waals surface area contributed by atoms with E-state index in [1.807, 2.05) is 66.0 Å². The number of benzene rings is 2. The number of nitrogens with one attached hydrogen (secondary N) is 5. The van der Waals surface area contributed by atoms with Gasteiger partial charge in [-0.1, -0.05) is 74.5 Å². The molecule has 56 heavy (non-hydrogen) atoms. The summed E-state index contributed by atoms with van der Waals surface area (Å²) in [5.41, 5.74) is 4.47. The van der Waals surface area contributed by atoms with Gasteiger partial charge in [0.1, 0.15) is 12.6 Å². The molecule has 0 bridgehead atoms. The lowest BCUT2D eigenvalue weighted by atomic mass is 9.95. The Morgan fingerprint density at radius 1 is 0.929 bits per heavy atom. The van der Waals surface area contributed by atoms with E-state index in [4.69, 9.17) is 4.74 Å². The Labute approximate surface area is 335 Å². The molecule has 4 rings (SSSR count). The summed E-state index contributed by atoms with van der Waals surface area (Å²) >= 11 is 2.94. The van der Waals surface area contributed by atoms with E-state index in [1.165, 1.54) is 27.6 Å². The third kappa shape index (κ3) is 15.3. The van der Waals surface area contributed by atoms with Crippen molar-refractivity contribution in [3.63, 3.8) is 0 Å². The van der Waals surface area contributed by atoms with Crippen molar-refractivity contribution in [2.75, 3.05) is 20.6 Å². The highest BCUT2D eigenvalue weighted by Gasteiger charge is 2.26. The van der Waals surface area contributed by atoms with Crippen molar-refractivity contribution >= 4 is 40.7 Å². The molecule has 0 aliphatic rings. The third-order valence-corrected chi connectivity index (χ3v) is 10.6. The minimum atomic E-state index is -0.994. The van der Waals surface area contributed by atoms with E-state index in [2.05, 4.69) is 50.4 Å². The maximum Gasteiger partial charge on any atom is 0.407 e. The minimum Gasteiger partial charge on any atom is -0.444 e. The summed E-state index contributed by atoms with van der Waals surface area (Å²) in [7, 11) is 3.18. The molecule has 4 amide bonds. The number of ether oxygens (including phenoxy) is 1. The van der Waals surface area contributed by atoms with Crippen LogP contribution in [0, 0.1) is 10.1 Å². The van der Waals surface area contributed by atoms with Gasteiger partial charge < -0.3 is 36.2 Å². The number of nitro groups is 1. The standard InChI is InChI=1S/C39H51N9O6S2/c1-27(2)37-44-32(25-55-37)22-47(4)38(50)46-34(17-18-42-35(40-3)23-48(52)53)36(49)43-30(19-28-11-7-5-8-12-28)15-16-31(20-29-13-9-6-10-14-29)45-39(51)54-24-33-21-41-26-56-33/h5-14,21,23,25-27,30-31,34,40,42H,15-20,22,24H2,1-4H3,(H,43,49)(H,45,51)(H,46,50)/b35-23+. The van der Waals surface area contributed by atoms with Crippen LogP contribution in [0.2, 0.25) is 0 Å². The Kier molecular flexibility index (Phi) is 17.5. The largest absolute Gasteiger partial charge is 0.444 e. The Morgan fingerprint density at radius 3 is 2.12 bits per heavy atom. The number of thiazole rings is 2. The molecule has 300 valence electrons. The SMILES string of the molecule is CN/C(=C\[N+](=O)[O-])NCCC(NC(=O)N(C)Cc1csc(C(C)C)n1)C(=O)NC(CCC(Cc1ccccc1)NC(=O)OCc1cncs1)Cc1ccccc1. The first kappa shape index (κ1) is 43.2. The average Bonchev–Trinajstić information content (AvgIpc) is 3.89. The molecule has 0 aliphatic heterocycles. The first-order valence-corrected chi connectivity index (χ1v) is 20.2. The van der Waals surface area contributed by atoms with Crippen molar-refractivity contribution in [1.29, 1.82) is 0 Å². The van der Waals surface area contributed by atoms with Gasteiger partial charge in [-0.3, -0.25) is 19.9 Å². The van der Waals surface area contributed by atoms with Crippen LogP contribution in [-0.4, -0.2) is 76.6 Å². The lowest BCUT2D eigenvalue weighted by molar-refractivity contribution is -0.404. The first-order valence-electron chi connectivity index (χ1n) is 18.4. The van der Waals surface area contributed by atoms with Crippen LogP contribution in [0.1, 0.15) is 65.7 Å². The number of carbonyl (C=O) groups is 3.